The second-order valence-electron chi connectivity index (χ2n) is 4.80. The first-order valence-electron chi connectivity index (χ1n) is 5.52. The Morgan fingerprint density at radius 2 is 2.06 bits per heavy atom. The first kappa shape index (κ1) is 10.4. The van der Waals surface area contributed by atoms with Gasteiger partial charge in [-0.3, -0.25) is 4.90 Å². The maximum absolute atomic E-state index is 12.1. The fourth-order valence-corrected chi connectivity index (χ4v) is 3.18. The zero-order chi connectivity index (χ0) is 11.5. The minimum Gasteiger partial charge on any atom is -0.439 e. The van der Waals surface area contributed by atoms with Crippen LogP contribution in [0.1, 0.15) is 19.3 Å². The van der Waals surface area contributed by atoms with Gasteiger partial charge in [-0.25, -0.2) is 4.79 Å². The Morgan fingerprint density at radius 3 is 2.69 bits per heavy atom. The SMILES string of the molecule is O=C(OC1C2CCCN1C1CC21)C(F)(F)F. The lowest BCUT2D eigenvalue weighted by molar-refractivity contribution is -0.217. The topological polar surface area (TPSA) is 29.5 Å². The third-order valence-electron chi connectivity index (χ3n) is 3.89. The number of esters is 1. The van der Waals surface area contributed by atoms with Crippen LogP contribution >= 0.6 is 0 Å². The Bertz CT molecular complexity index is 315. The van der Waals surface area contributed by atoms with Crippen LogP contribution in [0.2, 0.25) is 0 Å². The summed E-state index contributed by atoms with van der Waals surface area (Å²) in [5.74, 6) is -1.45. The van der Waals surface area contributed by atoms with E-state index in [0.29, 0.717) is 12.0 Å². The van der Waals surface area contributed by atoms with Gasteiger partial charge in [0.1, 0.15) is 0 Å². The van der Waals surface area contributed by atoms with Crippen molar-refractivity contribution in [1.82, 2.24) is 4.90 Å². The lowest BCUT2D eigenvalue weighted by Crippen LogP contribution is -2.46. The van der Waals surface area contributed by atoms with Crippen molar-refractivity contribution in [2.24, 2.45) is 11.8 Å². The van der Waals surface area contributed by atoms with E-state index in [1.807, 2.05) is 4.90 Å². The molecule has 0 aromatic carbocycles. The molecule has 0 radical (unpaired) electrons. The molecule has 2 heterocycles. The van der Waals surface area contributed by atoms with E-state index in [4.69, 9.17) is 0 Å². The van der Waals surface area contributed by atoms with E-state index >= 15 is 0 Å². The maximum atomic E-state index is 12.1. The minimum absolute atomic E-state index is 0.130. The Labute approximate surface area is 90.5 Å². The second kappa shape index (κ2) is 3.12. The van der Waals surface area contributed by atoms with Gasteiger partial charge in [0.15, 0.2) is 6.23 Å². The summed E-state index contributed by atoms with van der Waals surface area (Å²) < 4.78 is 40.9. The van der Waals surface area contributed by atoms with Crippen molar-refractivity contribution in [2.75, 3.05) is 6.54 Å². The molecule has 3 fully saturated rings. The van der Waals surface area contributed by atoms with E-state index < -0.39 is 18.4 Å². The number of halogens is 3. The van der Waals surface area contributed by atoms with Crippen molar-refractivity contribution < 1.29 is 22.7 Å². The lowest BCUT2D eigenvalue weighted by Gasteiger charge is -2.35. The summed E-state index contributed by atoms with van der Waals surface area (Å²) in [5.41, 5.74) is 0. The van der Waals surface area contributed by atoms with Gasteiger partial charge in [0.2, 0.25) is 0 Å². The highest BCUT2D eigenvalue weighted by atomic mass is 19.4. The predicted octanol–water partition coefficient (Wildman–Crippen LogP) is 1.53. The fourth-order valence-electron chi connectivity index (χ4n) is 3.18. The first-order valence-corrected chi connectivity index (χ1v) is 5.52. The zero-order valence-corrected chi connectivity index (χ0v) is 8.54. The molecule has 6 heteroatoms. The summed E-state index contributed by atoms with van der Waals surface area (Å²) in [6.07, 6.45) is -2.55. The molecule has 3 aliphatic rings. The van der Waals surface area contributed by atoms with Crippen LogP contribution in [-0.4, -0.2) is 35.9 Å². The predicted molar refractivity (Wildman–Crippen MR) is 47.3 cm³/mol. The molecule has 0 aromatic heterocycles. The number of hydrogen-bond acceptors (Lipinski definition) is 3. The number of rotatable bonds is 1. The molecule has 2 aliphatic heterocycles. The molecule has 3 nitrogen and oxygen atoms in total. The molecule has 0 N–H and O–H groups in total. The smallest absolute Gasteiger partial charge is 0.439 e. The van der Waals surface area contributed by atoms with E-state index in [1.54, 1.807) is 0 Å². The number of nitrogens with zero attached hydrogens (tertiary/aromatic N) is 1. The van der Waals surface area contributed by atoms with Gasteiger partial charge in [0, 0.05) is 18.5 Å². The Morgan fingerprint density at radius 1 is 1.31 bits per heavy atom. The van der Waals surface area contributed by atoms with Gasteiger partial charge in [-0.1, -0.05) is 0 Å². The monoisotopic (exact) mass is 235 g/mol. The number of piperidine rings is 2. The van der Waals surface area contributed by atoms with Crippen molar-refractivity contribution in [2.45, 2.75) is 37.7 Å². The standard InChI is InChI=1S/C10H12F3NO2/c11-10(12,13)9(15)16-8-5-2-1-3-14(8)7-4-6(5)7/h5-8H,1-4H2. The maximum Gasteiger partial charge on any atom is 0.490 e. The molecule has 0 spiro atoms. The van der Waals surface area contributed by atoms with Crippen LogP contribution in [-0.2, 0) is 9.53 Å². The number of fused-ring (bicyclic) bond motifs is 5. The van der Waals surface area contributed by atoms with Crippen molar-refractivity contribution in [1.29, 1.82) is 0 Å². The molecule has 0 amide bonds. The van der Waals surface area contributed by atoms with Crippen LogP contribution < -0.4 is 0 Å². The molecule has 1 aliphatic carbocycles. The van der Waals surface area contributed by atoms with E-state index in [2.05, 4.69) is 4.74 Å². The van der Waals surface area contributed by atoms with Crippen LogP contribution in [0, 0.1) is 11.8 Å². The Hall–Kier alpha value is -0.780. The highest BCUT2D eigenvalue weighted by Gasteiger charge is 2.62. The molecule has 90 valence electrons. The summed E-state index contributed by atoms with van der Waals surface area (Å²) in [4.78, 5) is 12.7. The summed E-state index contributed by atoms with van der Waals surface area (Å²) in [7, 11) is 0. The normalized spacial score (nSPS) is 45.1. The number of carbonyl (C=O) groups excluding carboxylic acids is 1. The Kier molecular flexibility index (Phi) is 2.02. The zero-order valence-electron chi connectivity index (χ0n) is 8.54. The van der Waals surface area contributed by atoms with Gasteiger partial charge < -0.3 is 4.74 Å². The van der Waals surface area contributed by atoms with Crippen molar-refractivity contribution in [3.05, 3.63) is 0 Å². The third-order valence-corrected chi connectivity index (χ3v) is 3.89. The first-order chi connectivity index (χ1) is 7.48. The number of hydrogen-bond donors (Lipinski definition) is 0. The minimum atomic E-state index is -4.87. The average Bonchev–Trinajstić information content (AvgIpc) is 2.91. The van der Waals surface area contributed by atoms with Crippen LogP contribution in [0.15, 0.2) is 0 Å². The quantitative estimate of drug-likeness (QED) is 0.645. The van der Waals surface area contributed by atoms with Crippen LogP contribution in [0.3, 0.4) is 0 Å². The average molecular weight is 235 g/mol. The fraction of sp³-hybridized carbons (Fsp3) is 0.900. The molecule has 3 rings (SSSR count). The molecular weight excluding hydrogens is 223 g/mol. The van der Waals surface area contributed by atoms with E-state index in [0.717, 1.165) is 25.8 Å². The van der Waals surface area contributed by atoms with Gasteiger partial charge in [0.25, 0.3) is 0 Å². The van der Waals surface area contributed by atoms with Crippen molar-refractivity contribution in [3.63, 3.8) is 0 Å². The van der Waals surface area contributed by atoms with Crippen molar-refractivity contribution in [3.8, 4) is 0 Å². The molecule has 2 saturated heterocycles. The van der Waals surface area contributed by atoms with Gasteiger partial charge in [-0.15, -0.1) is 0 Å². The Balaban J connectivity index is 1.70. The van der Waals surface area contributed by atoms with Gasteiger partial charge in [0.05, 0.1) is 0 Å². The summed E-state index contributed by atoms with van der Waals surface area (Å²) in [6.45, 7) is 0.757. The number of alkyl halides is 3. The van der Waals surface area contributed by atoms with Crippen LogP contribution in [0.25, 0.3) is 0 Å². The van der Waals surface area contributed by atoms with Crippen molar-refractivity contribution >= 4 is 5.97 Å². The number of carbonyl (C=O) groups is 1. The lowest BCUT2D eigenvalue weighted by atomic mass is 9.95. The molecule has 0 aromatic rings. The third kappa shape index (κ3) is 1.43. The van der Waals surface area contributed by atoms with Gasteiger partial charge >= 0.3 is 12.1 Å². The number of ether oxygens (including phenoxy) is 1. The van der Waals surface area contributed by atoms with Crippen LogP contribution in [0.5, 0.6) is 0 Å². The molecular formula is C10H12F3NO2. The molecule has 5 unspecified atom stereocenters. The van der Waals surface area contributed by atoms with Gasteiger partial charge in [-0.05, 0) is 25.2 Å². The van der Waals surface area contributed by atoms with E-state index in [-0.39, 0.29) is 5.92 Å². The van der Waals surface area contributed by atoms with Crippen LogP contribution in [0.4, 0.5) is 13.2 Å². The van der Waals surface area contributed by atoms with E-state index in [9.17, 15) is 18.0 Å². The summed E-state index contributed by atoms with van der Waals surface area (Å²) in [6, 6.07) is 0.374. The molecule has 2 bridgehead atoms. The second-order valence-corrected chi connectivity index (χ2v) is 4.80. The van der Waals surface area contributed by atoms with Gasteiger partial charge in [-0.2, -0.15) is 13.2 Å². The summed E-state index contributed by atoms with van der Waals surface area (Å²) in [5, 5.41) is 0. The van der Waals surface area contributed by atoms with E-state index in [1.165, 1.54) is 0 Å². The molecule has 16 heavy (non-hydrogen) atoms. The highest BCUT2D eigenvalue weighted by molar-refractivity contribution is 5.75. The summed E-state index contributed by atoms with van der Waals surface area (Å²) >= 11 is 0. The molecule has 5 atom stereocenters. The largest absolute Gasteiger partial charge is 0.490 e. The molecule has 1 saturated carbocycles. The highest BCUT2D eigenvalue weighted by Crippen LogP contribution is 2.56.